The maximum atomic E-state index is 13.9. The highest BCUT2D eigenvalue weighted by molar-refractivity contribution is 7.16. The predicted octanol–water partition coefficient (Wildman–Crippen LogP) is 4.38. The van der Waals surface area contributed by atoms with Crippen LogP contribution in [-0.2, 0) is 10.7 Å². The normalized spacial score (nSPS) is 12.8. The molecule has 0 bridgehead atoms. The third-order valence-electron chi connectivity index (χ3n) is 2.26. The van der Waals surface area contributed by atoms with Crippen LogP contribution < -0.4 is 0 Å². The first-order valence-corrected chi connectivity index (χ1v) is 6.17. The molecule has 1 N–H and O–H groups in total. The molecule has 0 aliphatic rings. The van der Waals surface area contributed by atoms with Crippen LogP contribution in [0.5, 0.6) is 0 Å². The Hall–Kier alpha value is -0.680. The number of alkyl halides is 2. The Morgan fingerprint density at radius 3 is 2.47 bits per heavy atom. The highest BCUT2D eigenvalue weighted by Gasteiger charge is 2.40. The number of hydrogen-bond donors (Lipinski definition) is 1. The molecule has 17 heavy (non-hydrogen) atoms. The number of aliphatic carboxylic acids is 1. The maximum Gasteiger partial charge on any atom is 0.303 e. The second-order valence-electron chi connectivity index (χ2n) is 4.72. The number of rotatable bonds is 5. The molecule has 1 rings (SSSR count). The first-order chi connectivity index (χ1) is 7.62. The molecule has 0 saturated heterocycles. The summed E-state index contributed by atoms with van der Waals surface area (Å²) < 4.78 is 28.1. The molecule has 2 nitrogen and oxygen atoms in total. The van der Waals surface area contributed by atoms with Gasteiger partial charge in [-0.25, -0.2) is 8.78 Å². The molecule has 0 aliphatic heterocycles. The van der Waals surface area contributed by atoms with Crippen molar-refractivity contribution in [3.63, 3.8) is 0 Å². The smallest absolute Gasteiger partial charge is 0.303 e. The van der Waals surface area contributed by atoms with Gasteiger partial charge in [0.2, 0.25) is 0 Å². The Morgan fingerprint density at radius 1 is 1.47 bits per heavy atom. The van der Waals surface area contributed by atoms with Crippen LogP contribution in [0.3, 0.4) is 0 Å². The Balaban J connectivity index is 2.82. The van der Waals surface area contributed by atoms with Gasteiger partial charge in [-0.05, 0) is 17.5 Å². The summed E-state index contributed by atoms with van der Waals surface area (Å²) in [5, 5.41) is 8.66. The number of halogens is 3. The van der Waals surface area contributed by atoms with Crippen molar-refractivity contribution in [1.82, 2.24) is 0 Å². The second-order valence-corrected chi connectivity index (χ2v) is 6.43. The van der Waals surface area contributed by atoms with E-state index in [1.165, 1.54) is 26.0 Å². The van der Waals surface area contributed by atoms with E-state index in [-0.39, 0.29) is 11.3 Å². The van der Waals surface area contributed by atoms with Crippen LogP contribution in [0.25, 0.3) is 0 Å². The van der Waals surface area contributed by atoms with Crippen molar-refractivity contribution in [3.8, 4) is 0 Å². The molecule has 6 heteroatoms. The molecule has 0 amide bonds. The summed E-state index contributed by atoms with van der Waals surface area (Å²) in [6.07, 6.45) is -0.801. The molecule has 1 aromatic heterocycles. The van der Waals surface area contributed by atoms with E-state index in [1.54, 1.807) is 0 Å². The molecule has 0 radical (unpaired) electrons. The van der Waals surface area contributed by atoms with Gasteiger partial charge >= 0.3 is 5.97 Å². The zero-order chi connectivity index (χ0) is 13.3. The summed E-state index contributed by atoms with van der Waals surface area (Å²) in [4.78, 5) is 10.5. The molecule has 0 fully saturated rings. The number of thiophene rings is 1. The Morgan fingerprint density at radius 2 is 2.06 bits per heavy atom. The molecule has 0 atom stereocenters. The molecule has 0 unspecified atom stereocenters. The largest absolute Gasteiger partial charge is 0.481 e. The minimum atomic E-state index is -3.04. The summed E-state index contributed by atoms with van der Waals surface area (Å²) in [6, 6.07) is 2.70. The van der Waals surface area contributed by atoms with Crippen LogP contribution in [0, 0.1) is 5.41 Å². The molecule has 0 saturated carbocycles. The molecule has 1 heterocycles. The molecular weight excluding hydrogens is 270 g/mol. The van der Waals surface area contributed by atoms with Crippen LogP contribution in [-0.4, -0.2) is 11.1 Å². The summed E-state index contributed by atoms with van der Waals surface area (Å²) in [7, 11) is 0. The minimum Gasteiger partial charge on any atom is -0.481 e. The molecule has 0 aromatic carbocycles. The minimum absolute atomic E-state index is 0.124. The lowest BCUT2D eigenvalue weighted by Crippen LogP contribution is -2.26. The van der Waals surface area contributed by atoms with E-state index in [2.05, 4.69) is 0 Å². The summed E-state index contributed by atoms with van der Waals surface area (Å²) in [5.74, 6) is -4.12. The van der Waals surface area contributed by atoms with Gasteiger partial charge in [0.15, 0.2) is 0 Å². The fourth-order valence-electron chi connectivity index (χ4n) is 1.67. The average Bonchev–Trinajstić information content (AvgIpc) is 2.46. The zero-order valence-corrected chi connectivity index (χ0v) is 11.0. The van der Waals surface area contributed by atoms with Gasteiger partial charge in [-0.15, -0.1) is 11.3 Å². The first-order valence-electron chi connectivity index (χ1n) is 4.98. The number of carboxylic acid groups (broad SMARTS) is 1. The van der Waals surface area contributed by atoms with E-state index >= 15 is 0 Å². The quantitative estimate of drug-likeness (QED) is 0.870. The van der Waals surface area contributed by atoms with Crippen molar-refractivity contribution < 1.29 is 18.7 Å². The van der Waals surface area contributed by atoms with Gasteiger partial charge < -0.3 is 5.11 Å². The second kappa shape index (κ2) is 4.90. The third kappa shape index (κ3) is 4.24. The van der Waals surface area contributed by atoms with Gasteiger partial charge in [0.25, 0.3) is 5.92 Å². The van der Waals surface area contributed by atoms with Crippen molar-refractivity contribution in [2.75, 3.05) is 0 Å². The lowest BCUT2D eigenvalue weighted by molar-refractivity contribution is -0.140. The maximum absolute atomic E-state index is 13.9. The fraction of sp³-hybridized carbons (Fsp3) is 0.545. The molecule has 0 spiro atoms. The first kappa shape index (κ1) is 14.4. The van der Waals surface area contributed by atoms with Crippen molar-refractivity contribution in [2.45, 2.75) is 32.6 Å². The van der Waals surface area contributed by atoms with Crippen LogP contribution in [0.4, 0.5) is 8.78 Å². The van der Waals surface area contributed by atoms with E-state index < -0.39 is 23.7 Å². The van der Waals surface area contributed by atoms with E-state index in [0.717, 1.165) is 11.3 Å². The third-order valence-corrected chi connectivity index (χ3v) is 3.61. The van der Waals surface area contributed by atoms with Crippen molar-refractivity contribution in [1.29, 1.82) is 0 Å². The monoisotopic (exact) mass is 282 g/mol. The van der Waals surface area contributed by atoms with Crippen LogP contribution in [0.2, 0.25) is 4.34 Å². The van der Waals surface area contributed by atoms with Gasteiger partial charge in [-0.1, -0.05) is 25.4 Å². The topological polar surface area (TPSA) is 37.3 Å². The SMILES string of the molecule is CC(C)(CC(=O)O)CC(F)(F)c1ccc(Cl)s1. The standard InChI is InChI=1S/C11H13ClF2O2S/c1-10(2,5-9(15)16)6-11(13,14)7-3-4-8(12)17-7/h3-4H,5-6H2,1-2H3,(H,15,16). The van der Waals surface area contributed by atoms with Crippen LogP contribution in [0.15, 0.2) is 12.1 Å². The van der Waals surface area contributed by atoms with Gasteiger partial charge in [-0.3, -0.25) is 4.79 Å². The Labute approximate surface area is 107 Å². The van der Waals surface area contributed by atoms with Gasteiger partial charge in [-0.2, -0.15) is 0 Å². The number of carboxylic acids is 1. The molecule has 1 aromatic rings. The van der Waals surface area contributed by atoms with E-state index in [9.17, 15) is 13.6 Å². The van der Waals surface area contributed by atoms with Crippen molar-refractivity contribution in [2.24, 2.45) is 5.41 Å². The molecule has 96 valence electrons. The molecule has 0 aliphatic carbocycles. The predicted molar refractivity (Wildman–Crippen MR) is 63.9 cm³/mol. The van der Waals surface area contributed by atoms with E-state index in [4.69, 9.17) is 16.7 Å². The zero-order valence-electron chi connectivity index (χ0n) is 9.47. The fourth-order valence-corrected chi connectivity index (χ4v) is 2.69. The van der Waals surface area contributed by atoms with Crippen LogP contribution >= 0.6 is 22.9 Å². The number of carbonyl (C=O) groups is 1. The summed E-state index contributed by atoms with van der Waals surface area (Å²) in [6.45, 7) is 3.04. The van der Waals surface area contributed by atoms with E-state index in [0.29, 0.717) is 4.34 Å². The Kier molecular flexibility index (Phi) is 4.15. The highest BCUT2D eigenvalue weighted by atomic mass is 35.5. The Bertz CT molecular complexity index is 415. The lowest BCUT2D eigenvalue weighted by atomic mass is 9.82. The van der Waals surface area contributed by atoms with Gasteiger partial charge in [0.05, 0.1) is 15.6 Å². The van der Waals surface area contributed by atoms with Gasteiger partial charge in [0.1, 0.15) is 0 Å². The highest BCUT2D eigenvalue weighted by Crippen LogP contribution is 2.44. The summed E-state index contributed by atoms with van der Waals surface area (Å²) >= 11 is 6.44. The lowest BCUT2D eigenvalue weighted by Gasteiger charge is -2.27. The molecular formula is C11H13ClF2O2S. The average molecular weight is 283 g/mol. The van der Waals surface area contributed by atoms with Crippen LogP contribution in [0.1, 0.15) is 31.6 Å². The van der Waals surface area contributed by atoms with Crippen molar-refractivity contribution in [3.05, 3.63) is 21.3 Å². The van der Waals surface area contributed by atoms with Crippen molar-refractivity contribution >= 4 is 28.9 Å². The summed E-state index contributed by atoms with van der Waals surface area (Å²) in [5.41, 5.74) is -0.966. The number of hydrogen-bond acceptors (Lipinski definition) is 2. The van der Waals surface area contributed by atoms with E-state index in [1.807, 2.05) is 0 Å². The van der Waals surface area contributed by atoms with Gasteiger partial charge in [0, 0.05) is 6.42 Å².